The van der Waals surface area contributed by atoms with Gasteiger partial charge in [0.1, 0.15) is 0 Å². The van der Waals surface area contributed by atoms with Crippen LogP contribution >= 0.6 is 11.6 Å². The van der Waals surface area contributed by atoms with Crippen LogP contribution in [0.2, 0.25) is 5.02 Å². The Kier molecular flexibility index (Phi) is 5.48. The topological polar surface area (TPSA) is 76.4 Å². The number of benzene rings is 1. The Morgan fingerprint density at radius 3 is 3.04 bits per heavy atom. The first-order chi connectivity index (χ1) is 11.1. The fourth-order valence-electron chi connectivity index (χ4n) is 3.64. The molecule has 3 atom stereocenters. The van der Waals surface area contributed by atoms with Crippen molar-refractivity contribution in [1.82, 2.24) is 10.6 Å². The van der Waals surface area contributed by atoms with E-state index in [4.69, 9.17) is 16.3 Å². The molecule has 2 N–H and O–H groups in total. The number of ether oxygens (including phenoxy) is 1. The Morgan fingerprint density at radius 1 is 1.43 bits per heavy atom. The SMILES string of the molecule is O=[N+]([O-])c1ccc(Cl)c(CNC2CCCC2C2COCCN2)c1. The Bertz CT molecular complexity index is 564. The summed E-state index contributed by atoms with van der Waals surface area (Å²) in [5.74, 6) is 0.535. The number of nitrogens with one attached hydrogen (secondary N) is 2. The molecule has 1 aliphatic carbocycles. The molecule has 1 aliphatic heterocycles. The monoisotopic (exact) mass is 339 g/mol. The molecule has 23 heavy (non-hydrogen) atoms. The zero-order valence-electron chi connectivity index (χ0n) is 13.0. The van der Waals surface area contributed by atoms with E-state index >= 15 is 0 Å². The van der Waals surface area contributed by atoms with Gasteiger partial charge in [-0.05, 0) is 30.4 Å². The third-order valence-corrected chi connectivity index (χ3v) is 5.20. The predicted octanol–water partition coefficient (Wildman–Crippen LogP) is 2.49. The number of hydrogen-bond donors (Lipinski definition) is 2. The first-order valence-corrected chi connectivity index (χ1v) is 8.50. The fourth-order valence-corrected chi connectivity index (χ4v) is 3.82. The Hall–Kier alpha value is -1.21. The van der Waals surface area contributed by atoms with Crippen molar-refractivity contribution in [3.05, 3.63) is 38.9 Å². The minimum Gasteiger partial charge on any atom is -0.379 e. The molecule has 1 saturated heterocycles. The van der Waals surface area contributed by atoms with Gasteiger partial charge in [-0.2, -0.15) is 0 Å². The molecule has 0 spiro atoms. The lowest BCUT2D eigenvalue weighted by atomic mass is 9.94. The molecule has 6 nitrogen and oxygen atoms in total. The molecule has 3 unspecified atom stereocenters. The van der Waals surface area contributed by atoms with Crippen molar-refractivity contribution in [3.8, 4) is 0 Å². The minimum absolute atomic E-state index is 0.0801. The zero-order chi connectivity index (χ0) is 16.2. The standard InChI is InChI=1S/C16H22ClN3O3/c17-14-5-4-12(20(21)22)8-11(14)9-19-15-3-1-2-13(15)16-10-23-7-6-18-16/h4-5,8,13,15-16,18-19H,1-3,6-7,9-10H2. The van der Waals surface area contributed by atoms with Crippen LogP contribution in [0.25, 0.3) is 0 Å². The Morgan fingerprint density at radius 2 is 2.30 bits per heavy atom. The maximum absolute atomic E-state index is 10.9. The smallest absolute Gasteiger partial charge is 0.269 e. The summed E-state index contributed by atoms with van der Waals surface area (Å²) in [6.45, 7) is 3.00. The van der Waals surface area contributed by atoms with E-state index in [-0.39, 0.29) is 10.6 Å². The molecule has 1 saturated carbocycles. The van der Waals surface area contributed by atoms with Crippen molar-refractivity contribution in [2.75, 3.05) is 19.8 Å². The summed E-state index contributed by atoms with van der Waals surface area (Å²) in [4.78, 5) is 10.5. The second-order valence-electron chi connectivity index (χ2n) is 6.25. The highest BCUT2D eigenvalue weighted by atomic mass is 35.5. The number of hydrogen-bond acceptors (Lipinski definition) is 5. The van der Waals surface area contributed by atoms with Gasteiger partial charge in [0.25, 0.3) is 5.69 Å². The minimum atomic E-state index is -0.387. The van der Waals surface area contributed by atoms with Crippen molar-refractivity contribution in [2.24, 2.45) is 5.92 Å². The maximum atomic E-state index is 10.9. The highest BCUT2D eigenvalue weighted by Crippen LogP contribution is 2.30. The van der Waals surface area contributed by atoms with Crippen LogP contribution in [-0.4, -0.2) is 36.8 Å². The normalized spacial score (nSPS) is 28.0. The van der Waals surface area contributed by atoms with Gasteiger partial charge in [0.05, 0.1) is 18.1 Å². The van der Waals surface area contributed by atoms with Gasteiger partial charge in [-0.1, -0.05) is 18.0 Å². The molecule has 0 bridgehead atoms. The summed E-state index contributed by atoms with van der Waals surface area (Å²) in [6.07, 6.45) is 3.50. The molecule has 3 rings (SSSR count). The molecular formula is C16H22ClN3O3. The number of halogens is 1. The van der Waals surface area contributed by atoms with Crippen LogP contribution in [0, 0.1) is 16.0 Å². The van der Waals surface area contributed by atoms with Gasteiger partial charge in [-0.15, -0.1) is 0 Å². The average molecular weight is 340 g/mol. The highest BCUT2D eigenvalue weighted by molar-refractivity contribution is 6.31. The second kappa shape index (κ2) is 7.57. The zero-order valence-corrected chi connectivity index (χ0v) is 13.7. The summed E-state index contributed by atoms with van der Waals surface area (Å²) in [7, 11) is 0. The van der Waals surface area contributed by atoms with E-state index in [2.05, 4.69) is 10.6 Å². The molecule has 0 amide bonds. The Labute approximate surface area is 140 Å². The summed E-state index contributed by atoms with van der Waals surface area (Å²) in [5, 5.41) is 18.6. The lowest BCUT2D eigenvalue weighted by Gasteiger charge is -2.33. The van der Waals surface area contributed by atoms with Crippen molar-refractivity contribution >= 4 is 17.3 Å². The molecule has 7 heteroatoms. The van der Waals surface area contributed by atoms with Crippen LogP contribution in [0.5, 0.6) is 0 Å². The van der Waals surface area contributed by atoms with Gasteiger partial charge < -0.3 is 15.4 Å². The van der Waals surface area contributed by atoms with Crippen LogP contribution in [0.3, 0.4) is 0 Å². The second-order valence-corrected chi connectivity index (χ2v) is 6.66. The number of nitro benzene ring substituents is 1. The van der Waals surface area contributed by atoms with Crippen molar-refractivity contribution in [2.45, 2.75) is 37.9 Å². The quantitative estimate of drug-likeness (QED) is 0.636. The number of morpholine rings is 1. The lowest BCUT2D eigenvalue weighted by molar-refractivity contribution is -0.384. The van der Waals surface area contributed by atoms with Crippen LogP contribution in [0.4, 0.5) is 5.69 Å². The number of non-ortho nitro benzene ring substituents is 1. The summed E-state index contributed by atoms with van der Waals surface area (Å²) >= 11 is 6.18. The van der Waals surface area contributed by atoms with E-state index in [1.54, 1.807) is 12.1 Å². The Balaban J connectivity index is 1.63. The van der Waals surface area contributed by atoms with E-state index in [1.807, 2.05) is 0 Å². The van der Waals surface area contributed by atoms with Crippen LogP contribution in [0.15, 0.2) is 18.2 Å². The summed E-state index contributed by atoms with van der Waals surface area (Å²) in [5.41, 5.74) is 0.857. The van der Waals surface area contributed by atoms with Gasteiger partial charge >= 0.3 is 0 Å². The van der Waals surface area contributed by atoms with Crippen LogP contribution in [-0.2, 0) is 11.3 Å². The van der Waals surface area contributed by atoms with E-state index in [0.29, 0.717) is 29.6 Å². The largest absolute Gasteiger partial charge is 0.379 e. The van der Waals surface area contributed by atoms with Crippen LogP contribution < -0.4 is 10.6 Å². The van der Waals surface area contributed by atoms with Gasteiger partial charge in [-0.25, -0.2) is 0 Å². The lowest BCUT2D eigenvalue weighted by Crippen LogP contribution is -2.50. The highest BCUT2D eigenvalue weighted by Gasteiger charge is 2.34. The molecule has 126 valence electrons. The molecule has 0 aromatic heterocycles. The first-order valence-electron chi connectivity index (χ1n) is 8.12. The number of nitro groups is 1. The van der Waals surface area contributed by atoms with Crippen molar-refractivity contribution < 1.29 is 9.66 Å². The van der Waals surface area contributed by atoms with Gasteiger partial charge in [0, 0.05) is 42.3 Å². The van der Waals surface area contributed by atoms with Crippen LogP contribution in [0.1, 0.15) is 24.8 Å². The molecule has 1 aromatic rings. The fraction of sp³-hybridized carbons (Fsp3) is 0.625. The molecular weight excluding hydrogens is 318 g/mol. The van der Waals surface area contributed by atoms with Gasteiger partial charge in [0.2, 0.25) is 0 Å². The summed E-state index contributed by atoms with van der Waals surface area (Å²) in [6, 6.07) is 5.38. The van der Waals surface area contributed by atoms with Gasteiger partial charge in [0.15, 0.2) is 0 Å². The predicted molar refractivity (Wildman–Crippen MR) is 88.7 cm³/mol. The van der Waals surface area contributed by atoms with E-state index in [1.165, 1.54) is 18.9 Å². The van der Waals surface area contributed by atoms with E-state index < -0.39 is 0 Å². The molecule has 1 aromatic carbocycles. The third kappa shape index (κ3) is 4.01. The average Bonchev–Trinajstić information content (AvgIpc) is 3.03. The maximum Gasteiger partial charge on any atom is 0.269 e. The molecule has 2 aliphatic rings. The molecule has 0 radical (unpaired) electrons. The van der Waals surface area contributed by atoms with Crippen molar-refractivity contribution in [1.29, 1.82) is 0 Å². The summed E-state index contributed by atoms with van der Waals surface area (Å²) < 4.78 is 5.58. The molecule has 1 heterocycles. The van der Waals surface area contributed by atoms with Crippen molar-refractivity contribution in [3.63, 3.8) is 0 Å². The van der Waals surface area contributed by atoms with E-state index in [9.17, 15) is 10.1 Å². The van der Waals surface area contributed by atoms with E-state index in [0.717, 1.165) is 31.7 Å². The first kappa shape index (κ1) is 16.6. The third-order valence-electron chi connectivity index (χ3n) is 4.83. The van der Waals surface area contributed by atoms with Gasteiger partial charge in [-0.3, -0.25) is 10.1 Å². The number of nitrogens with zero attached hydrogens (tertiary/aromatic N) is 1. The molecule has 2 fully saturated rings. The number of rotatable bonds is 5.